The van der Waals surface area contributed by atoms with Crippen LogP contribution < -0.4 is 0 Å². The van der Waals surface area contributed by atoms with Crippen LogP contribution in [0.5, 0.6) is 0 Å². The second-order valence-corrected chi connectivity index (χ2v) is 2.66. The van der Waals surface area contributed by atoms with Gasteiger partial charge in [-0.2, -0.15) is 0 Å². The highest BCUT2D eigenvalue weighted by Crippen LogP contribution is 2.09. The van der Waals surface area contributed by atoms with Gasteiger partial charge in [-0.1, -0.05) is 30.4 Å². The average molecular weight is 140 g/mol. The fourth-order valence-electron chi connectivity index (χ4n) is 0.525. The van der Waals surface area contributed by atoms with Gasteiger partial charge in [-0.15, -0.1) is 9.24 Å². The van der Waals surface area contributed by atoms with E-state index in [1.165, 1.54) is 5.31 Å². The monoisotopic (exact) mass is 140 g/mol. The molecule has 1 heteroatoms. The van der Waals surface area contributed by atoms with Crippen LogP contribution >= 0.6 is 9.24 Å². The van der Waals surface area contributed by atoms with Gasteiger partial charge in [-0.05, 0) is 19.2 Å². The van der Waals surface area contributed by atoms with Crippen LogP contribution in [0.15, 0.2) is 35.7 Å². The van der Waals surface area contributed by atoms with Crippen molar-refractivity contribution < 1.29 is 0 Å². The summed E-state index contributed by atoms with van der Waals surface area (Å²) in [6.07, 6.45) is 6.05. The molecule has 0 nitrogen and oxygen atoms in total. The molecule has 1 atom stereocenters. The predicted octanol–water partition coefficient (Wildman–Crippen LogP) is 2.90. The third kappa shape index (κ3) is 5.52. The second-order valence-electron chi connectivity index (χ2n) is 1.99. The minimum Gasteiger partial charge on any atom is -0.106 e. The van der Waals surface area contributed by atoms with Gasteiger partial charge in [0.1, 0.15) is 0 Å². The average Bonchev–Trinajstić information content (AvgIpc) is 1.63. The lowest BCUT2D eigenvalue weighted by Crippen LogP contribution is -1.64. The maximum atomic E-state index is 3.75. The fraction of sp³-hybridized carbons (Fsp3) is 0.250. The molecule has 0 saturated carbocycles. The lowest BCUT2D eigenvalue weighted by molar-refractivity contribution is 1.55. The summed E-state index contributed by atoms with van der Waals surface area (Å²) in [5.74, 6) is 0. The molecule has 0 aliphatic rings. The molecule has 0 aliphatic carbocycles. The van der Waals surface area contributed by atoms with Gasteiger partial charge in [0.25, 0.3) is 0 Å². The van der Waals surface area contributed by atoms with E-state index in [0.29, 0.717) is 0 Å². The number of hydrogen-bond acceptors (Lipinski definition) is 0. The van der Waals surface area contributed by atoms with Crippen LogP contribution in [-0.2, 0) is 0 Å². The van der Waals surface area contributed by atoms with Gasteiger partial charge in [0, 0.05) is 0 Å². The molecule has 0 aromatic rings. The normalized spacial score (nSPS) is 12.6. The van der Waals surface area contributed by atoms with Crippen LogP contribution in [0, 0.1) is 0 Å². The first-order valence-electron chi connectivity index (χ1n) is 2.92. The summed E-state index contributed by atoms with van der Waals surface area (Å²) in [5, 5.41) is 1.17. The van der Waals surface area contributed by atoms with Crippen molar-refractivity contribution in [3.05, 3.63) is 35.7 Å². The van der Waals surface area contributed by atoms with Crippen molar-refractivity contribution in [1.82, 2.24) is 0 Å². The third-order valence-electron chi connectivity index (χ3n) is 0.772. The molecule has 0 aliphatic heterocycles. The Morgan fingerprint density at radius 3 is 2.44 bits per heavy atom. The van der Waals surface area contributed by atoms with Gasteiger partial charge in [0.05, 0.1) is 0 Å². The molecule has 50 valence electrons. The molecule has 0 aromatic carbocycles. The molecule has 0 heterocycles. The molecule has 0 radical (unpaired) electrons. The third-order valence-corrected chi connectivity index (χ3v) is 1.13. The van der Waals surface area contributed by atoms with E-state index in [-0.39, 0.29) is 0 Å². The number of hydrogen-bond donors (Lipinski definition) is 0. The Morgan fingerprint density at radius 2 is 2.11 bits per heavy atom. The summed E-state index contributed by atoms with van der Waals surface area (Å²) >= 11 is 0. The summed E-state index contributed by atoms with van der Waals surface area (Å²) in [7, 11) is 2.64. The minimum atomic E-state index is 1.08. The number of allylic oxidation sites excluding steroid dienone is 5. The van der Waals surface area contributed by atoms with Gasteiger partial charge >= 0.3 is 0 Å². The van der Waals surface area contributed by atoms with Crippen LogP contribution in [0.4, 0.5) is 0 Å². The Balaban J connectivity index is 4.00. The summed E-state index contributed by atoms with van der Waals surface area (Å²) < 4.78 is 0. The zero-order valence-electron chi connectivity index (χ0n) is 6.02. The molecule has 0 aromatic heterocycles. The standard InChI is InChI=1S/C8H13P/c1-4-5-8(9)6-7(2)3/h4-6H,2,9H2,1,3H3/b5-4-,8-6+. The molecule has 0 spiro atoms. The van der Waals surface area contributed by atoms with E-state index < -0.39 is 0 Å². The SMILES string of the molecule is C=C(C)/C=C(P)\C=C/C. The van der Waals surface area contributed by atoms with Crippen molar-refractivity contribution >= 4 is 9.24 Å². The summed E-state index contributed by atoms with van der Waals surface area (Å²) in [5.41, 5.74) is 1.08. The largest absolute Gasteiger partial charge is 0.106 e. The van der Waals surface area contributed by atoms with E-state index in [1.54, 1.807) is 0 Å². The zero-order valence-corrected chi connectivity index (χ0v) is 7.17. The van der Waals surface area contributed by atoms with Crippen LogP contribution in [0.2, 0.25) is 0 Å². The molecule has 1 unspecified atom stereocenters. The van der Waals surface area contributed by atoms with Crippen LogP contribution in [0.25, 0.3) is 0 Å². The van der Waals surface area contributed by atoms with Gasteiger partial charge in [0.15, 0.2) is 0 Å². The Hall–Kier alpha value is -0.350. The van der Waals surface area contributed by atoms with E-state index in [9.17, 15) is 0 Å². The highest BCUT2D eigenvalue weighted by atomic mass is 31.0. The zero-order chi connectivity index (χ0) is 7.28. The molecular formula is C8H13P. The molecule has 0 amide bonds. The summed E-state index contributed by atoms with van der Waals surface area (Å²) in [4.78, 5) is 0. The maximum Gasteiger partial charge on any atom is -0.0303 e. The lowest BCUT2D eigenvalue weighted by atomic mass is 10.3. The first-order valence-corrected chi connectivity index (χ1v) is 3.50. The van der Waals surface area contributed by atoms with Gasteiger partial charge in [0.2, 0.25) is 0 Å². The first kappa shape index (κ1) is 8.65. The van der Waals surface area contributed by atoms with Crippen molar-refractivity contribution in [2.75, 3.05) is 0 Å². The molecule has 0 bridgehead atoms. The van der Waals surface area contributed by atoms with E-state index in [4.69, 9.17) is 0 Å². The van der Waals surface area contributed by atoms with Crippen molar-refractivity contribution in [2.45, 2.75) is 13.8 Å². The lowest BCUT2D eigenvalue weighted by Gasteiger charge is -1.89. The van der Waals surface area contributed by atoms with E-state index >= 15 is 0 Å². The first-order chi connectivity index (χ1) is 4.16. The van der Waals surface area contributed by atoms with E-state index in [2.05, 4.69) is 15.8 Å². The van der Waals surface area contributed by atoms with Crippen molar-refractivity contribution in [3.63, 3.8) is 0 Å². The highest BCUT2D eigenvalue weighted by molar-refractivity contribution is 7.22. The molecular weight excluding hydrogens is 127 g/mol. The summed E-state index contributed by atoms with van der Waals surface area (Å²) in [6, 6.07) is 0. The second kappa shape index (κ2) is 4.52. The molecule has 0 rings (SSSR count). The molecule has 0 N–H and O–H groups in total. The molecule has 0 saturated heterocycles. The van der Waals surface area contributed by atoms with Crippen molar-refractivity contribution in [3.8, 4) is 0 Å². The van der Waals surface area contributed by atoms with Gasteiger partial charge in [-0.25, -0.2) is 0 Å². The Bertz CT molecular complexity index is 152. The van der Waals surface area contributed by atoms with Crippen LogP contribution in [-0.4, -0.2) is 0 Å². The Labute approximate surface area is 59.6 Å². The van der Waals surface area contributed by atoms with Gasteiger partial charge in [-0.3, -0.25) is 0 Å². The minimum absolute atomic E-state index is 1.08. The molecule has 0 fully saturated rings. The van der Waals surface area contributed by atoms with Crippen LogP contribution in [0.1, 0.15) is 13.8 Å². The maximum absolute atomic E-state index is 3.75. The predicted molar refractivity (Wildman–Crippen MR) is 47.4 cm³/mol. The summed E-state index contributed by atoms with van der Waals surface area (Å²) in [6.45, 7) is 7.73. The Morgan fingerprint density at radius 1 is 1.56 bits per heavy atom. The number of rotatable bonds is 2. The smallest absolute Gasteiger partial charge is 0.0303 e. The van der Waals surface area contributed by atoms with E-state index in [0.717, 1.165) is 5.57 Å². The van der Waals surface area contributed by atoms with Gasteiger partial charge < -0.3 is 0 Å². The highest BCUT2D eigenvalue weighted by Gasteiger charge is 1.78. The molecule has 9 heavy (non-hydrogen) atoms. The van der Waals surface area contributed by atoms with Crippen molar-refractivity contribution in [2.24, 2.45) is 0 Å². The topological polar surface area (TPSA) is 0 Å². The van der Waals surface area contributed by atoms with E-state index in [1.807, 2.05) is 32.1 Å². The fourth-order valence-corrected chi connectivity index (χ4v) is 1.00. The quantitative estimate of drug-likeness (QED) is 0.408. The van der Waals surface area contributed by atoms with Crippen molar-refractivity contribution in [1.29, 1.82) is 0 Å². The van der Waals surface area contributed by atoms with Crippen LogP contribution in [0.3, 0.4) is 0 Å². The Kier molecular flexibility index (Phi) is 4.35.